The van der Waals surface area contributed by atoms with Crippen molar-refractivity contribution in [3.05, 3.63) is 42.7 Å². The SMILES string of the molecule is Cl.Cn1cc2cc(-c3ccc4cc(N5CCC(NC(C)(C)C)C5)cnc4n3)c(O)cc2n1. The molecule has 1 atom stereocenters. The number of phenolic OH excluding ortho intramolecular Hbond substituents is 1. The number of aromatic nitrogens is 4. The topological polar surface area (TPSA) is 79.1 Å². The number of pyridine rings is 2. The highest BCUT2D eigenvalue weighted by Crippen LogP contribution is 2.33. The summed E-state index contributed by atoms with van der Waals surface area (Å²) in [6.07, 6.45) is 4.97. The summed E-state index contributed by atoms with van der Waals surface area (Å²) in [5.74, 6) is 0.170. The molecule has 4 aromatic rings. The number of halogens is 1. The van der Waals surface area contributed by atoms with E-state index in [9.17, 15) is 5.11 Å². The average Bonchev–Trinajstić information content (AvgIpc) is 3.30. The zero-order valence-corrected chi connectivity index (χ0v) is 19.6. The second-order valence-electron chi connectivity index (χ2n) is 9.49. The highest BCUT2D eigenvalue weighted by molar-refractivity contribution is 5.89. The predicted molar refractivity (Wildman–Crippen MR) is 132 cm³/mol. The summed E-state index contributed by atoms with van der Waals surface area (Å²) < 4.78 is 1.74. The molecule has 1 aliphatic rings. The smallest absolute Gasteiger partial charge is 0.159 e. The lowest BCUT2D eigenvalue weighted by Gasteiger charge is -2.26. The van der Waals surface area contributed by atoms with Crippen molar-refractivity contribution in [3.63, 3.8) is 0 Å². The molecule has 1 aromatic carbocycles. The van der Waals surface area contributed by atoms with Crippen molar-refractivity contribution in [1.82, 2.24) is 25.1 Å². The number of hydrogen-bond donors (Lipinski definition) is 2. The van der Waals surface area contributed by atoms with Gasteiger partial charge in [-0.05, 0) is 51.5 Å². The Hall–Kier alpha value is -2.90. The largest absolute Gasteiger partial charge is 0.507 e. The molecule has 0 bridgehead atoms. The standard InChI is InChI=1S/C24H28N6O.ClH/c1-24(2,3)27-17-7-8-30(14-17)18-9-15-5-6-20(26-23(15)25-12-18)19-10-16-13-29(4)28-21(16)11-22(19)31;/h5-6,9-13,17,27,31H,7-8,14H2,1-4H3;1H. The number of aryl methyl sites for hydroxylation is 1. The van der Waals surface area contributed by atoms with Crippen LogP contribution in [0.25, 0.3) is 33.2 Å². The first-order valence-corrected chi connectivity index (χ1v) is 10.7. The van der Waals surface area contributed by atoms with Gasteiger partial charge in [-0.3, -0.25) is 4.68 Å². The van der Waals surface area contributed by atoms with E-state index in [4.69, 9.17) is 4.98 Å². The molecule has 5 rings (SSSR count). The van der Waals surface area contributed by atoms with Gasteiger partial charge in [0, 0.05) is 60.3 Å². The van der Waals surface area contributed by atoms with Crippen molar-refractivity contribution in [2.24, 2.45) is 7.05 Å². The van der Waals surface area contributed by atoms with Crippen molar-refractivity contribution in [2.45, 2.75) is 38.8 Å². The van der Waals surface area contributed by atoms with Gasteiger partial charge in [-0.1, -0.05) is 0 Å². The fourth-order valence-corrected chi connectivity index (χ4v) is 4.44. The highest BCUT2D eigenvalue weighted by Gasteiger charge is 2.26. The molecular formula is C24H29ClN6O. The minimum absolute atomic E-state index is 0. The minimum atomic E-state index is 0. The van der Waals surface area contributed by atoms with Crippen LogP contribution in [0.1, 0.15) is 27.2 Å². The molecule has 3 aromatic heterocycles. The van der Waals surface area contributed by atoms with Crippen LogP contribution in [-0.2, 0) is 7.05 Å². The number of hydrogen-bond acceptors (Lipinski definition) is 6. The molecule has 1 unspecified atom stereocenters. The number of fused-ring (bicyclic) bond motifs is 2. The Labute approximate surface area is 193 Å². The molecule has 7 nitrogen and oxygen atoms in total. The third kappa shape index (κ3) is 4.36. The summed E-state index contributed by atoms with van der Waals surface area (Å²) in [4.78, 5) is 11.7. The number of nitrogens with zero attached hydrogens (tertiary/aromatic N) is 5. The van der Waals surface area contributed by atoms with E-state index in [1.54, 1.807) is 10.7 Å². The van der Waals surface area contributed by atoms with Gasteiger partial charge in [0.15, 0.2) is 5.65 Å². The Kier molecular flexibility index (Phi) is 5.73. The first kappa shape index (κ1) is 22.3. The van der Waals surface area contributed by atoms with Gasteiger partial charge in [-0.2, -0.15) is 5.10 Å². The lowest BCUT2D eigenvalue weighted by molar-refractivity contribution is 0.373. The Morgan fingerprint density at radius 3 is 2.72 bits per heavy atom. The van der Waals surface area contributed by atoms with Gasteiger partial charge in [0.05, 0.1) is 23.1 Å². The van der Waals surface area contributed by atoms with Crippen molar-refractivity contribution in [1.29, 1.82) is 0 Å². The molecular weight excluding hydrogens is 424 g/mol. The molecule has 0 aliphatic carbocycles. The van der Waals surface area contributed by atoms with Gasteiger partial charge >= 0.3 is 0 Å². The molecule has 0 saturated carbocycles. The molecule has 0 spiro atoms. The lowest BCUT2D eigenvalue weighted by atomic mass is 10.1. The quantitative estimate of drug-likeness (QED) is 0.483. The first-order valence-electron chi connectivity index (χ1n) is 10.7. The number of aromatic hydroxyl groups is 1. The monoisotopic (exact) mass is 452 g/mol. The van der Waals surface area contributed by atoms with Crippen LogP contribution < -0.4 is 10.2 Å². The Morgan fingerprint density at radius 1 is 1.12 bits per heavy atom. The molecule has 1 aliphatic heterocycles. The second kappa shape index (κ2) is 8.22. The fourth-order valence-electron chi connectivity index (χ4n) is 4.44. The molecule has 0 amide bonds. The van der Waals surface area contributed by atoms with Crippen molar-refractivity contribution in [2.75, 3.05) is 18.0 Å². The van der Waals surface area contributed by atoms with Crippen LogP contribution in [0.3, 0.4) is 0 Å². The van der Waals surface area contributed by atoms with Crippen molar-refractivity contribution in [3.8, 4) is 17.0 Å². The van der Waals surface area contributed by atoms with Gasteiger partial charge in [0.2, 0.25) is 0 Å². The summed E-state index contributed by atoms with van der Waals surface area (Å²) in [5, 5.41) is 20.5. The minimum Gasteiger partial charge on any atom is -0.507 e. The Bertz CT molecular complexity index is 1280. The maximum absolute atomic E-state index is 10.5. The van der Waals surface area contributed by atoms with Crippen LogP contribution in [0.4, 0.5) is 5.69 Å². The van der Waals surface area contributed by atoms with E-state index in [1.807, 2.05) is 37.6 Å². The van der Waals surface area contributed by atoms with Gasteiger partial charge in [-0.25, -0.2) is 9.97 Å². The van der Waals surface area contributed by atoms with Gasteiger partial charge in [-0.15, -0.1) is 12.4 Å². The van der Waals surface area contributed by atoms with Gasteiger partial charge in [0.25, 0.3) is 0 Å². The van der Waals surface area contributed by atoms with E-state index in [2.05, 4.69) is 47.1 Å². The van der Waals surface area contributed by atoms with E-state index in [0.29, 0.717) is 22.9 Å². The molecule has 8 heteroatoms. The number of benzene rings is 1. The van der Waals surface area contributed by atoms with Crippen LogP contribution in [-0.4, -0.2) is 49.5 Å². The zero-order chi connectivity index (χ0) is 21.8. The molecule has 2 N–H and O–H groups in total. The lowest BCUT2D eigenvalue weighted by Crippen LogP contribution is -2.44. The third-order valence-electron chi connectivity index (χ3n) is 5.73. The normalized spacial score (nSPS) is 16.6. The average molecular weight is 453 g/mol. The second-order valence-corrected chi connectivity index (χ2v) is 9.49. The number of nitrogens with one attached hydrogen (secondary N) is 1. The van der Waals surface area contributed by atoms with E-state index in [0.717, 1.165) is 41.5 Å². The highest BCUT2D eigenvalue weighted by atomic mass is 35.5. The summed E-state index contributed by atoms with van der Waals surface area (Å²) >= 11 is 0. The zero-order valence-electron chi connectivity index (χ0n) is 18.8. The van der Waals surface area contributed by atoms with Crippen LogP contribution in [0.5, 0.6) is 5.75 Å². The number of rotatable bonds is 3. The maximum Gasteiger partial charge on any atom is 0.159 e. The van der Waals surface area contributed by atoms with Crippen molar-refractivity contribution < 1.29 is 5.11 Å². The van der Waals surface area contributed by atoms with E-state index in [-0.39, 0.29) is 23.7 Å². The maximum atomic E-state index is 10.5. The van der Waals surface area contributed by atoms with Crippen LogP contribution in [0.15, 0.2) is 42.7 Å². The number of anilines is 1. The molecule has 1 saturated heterocycles. The molecule has 4 heterocycles. The summed E-state index contributed by atoms with van der Waals surface area (Å²) in [5.41, 5.74) is 4.07. The van der Waals surface area contributed by atoms with Gasteiger partial charge < -0.3 is 15.3 Å². The first-order chi connectivity index (χ1) is 14.7. The third-order valence-corrected chi connectivity index (χ3v) is 5.73. The summed E-state index contributed by atoms with van der Waals surface area (Å²) in [6.45, 7) is 8.63. The van der Waals surface area contributed by atoms with Crippen LogP contribution in [0, 0.1) is 0 Å². The van der Waals surface area contributed by atoms with Crippen LogP contribution in [0.2, 0.25) is 0 Å². The van der Waals surface area contributed by atoms with Crippen LogP contribution >= 0.6 is 12.4 Å². The van der Waals surface area contributed by atoms with E-state index < -0.39 is 0 Å². The Balaban J connectivity index is 0.00000245. The molecule has 168 valence electrons. The van der Waals surface area contributed by atoms with Gasteiger partial charge in [0.1, 0.15) is 5.75 Å². The predicted octanol–water partition coefficient (Wildman–Crippen LogP) is 4.28. The molecule has 1 fully saturated rings. The van der Waals surface area contributed by atoms with E-state index >= 15 is 0 Å². The summed E-state index contributed by atoms with van der Waals surface area (Å²) in [7, 11) is 1.87. The number of phenols is 1. The molecule has 0 radical (unpaired) electrons. The Morgan fingerprint density at radius 2 is 1.94 bits per heavy atom. The molecule has 32 heavy (non-hydrogen) atoms. The fraction of sp³-hybridized carbons (Fsp3) is 0.375. The summed E-state index contributed by atoms with van der Waals surface area (Å²) in [6, 6.07) is 10.2. The van der Waals surface area contributed by atoms with E-state index in [1.165, 1.54) is 0 Å². The van der Waals surface area contributed by atoms with Crippen molar-refractivity contribution >= 4 is 40.0 Å².